The van der Waals surface area contributed by atoms with E-state index in [0.717, 1.165) is 6.08 Å². The van der Waals surface area contributed by atoms with E-state index in [2.05, 4.69) is 0 Å². The van der Waals surface area contributed by atoms with Crippen molar-refractivity contribution >= 4 is 0 Å². The van der Waals surface area contributed by atoms with Crippen LogP contribution in [0.15, 0.2) is 12.2 Å². The maximum Gasteiger partial charge on any atom is 0.266 e. The van der Waals surface area contributed by atoms with Gasteiger partial charge in [0.2, 0.25) is 0 Å². The lowest BCUT2D eigenvalue weighted by Gasteiger charge is -2.14. The summed E-state index contributed by atoms with van der Waals surface area (Å²) >= 11 is 0. The lowest BCUT2D eigenvalue weighted by molar-refractivity contribution is 0.0501. The Morgan fingerprint density at radius 3 is 1.82 bits per heavy atom. The minimum atomic E-state index is -2.63. The van der Waals surface area contributed by atoms with Crippen molar-refractivity contribution in [2.24, 2.45) is 5.41 Å². The number of hydrogen-bond acceptors (Lipinski definition) is 0. The van der Waals surface area contributed by atoms with Crippen molar-refractivity contribution < 1.29 is 8.78 Å². The van der Waals surface area contributed by atoms with Crippen LogP contribution in [0.25, 0.3) is 0 Å². The Hall–Kier alpha value is -0.400. The molecule has 0 aliphatic carbocycles. The lowest BCUT2D eigenvalue weighted by atomic mass is 9.95. The molecule has 0 aromatic rings. The third-order valence-corrected chi connectivity index (χ3v) is 1.30. The molecule has 0 saturated heterocycles. The van der Waals surface area contributed by atoms with Gasteiger partial charge < -0.3 is 0 Å². The molecule has 0 aliphatic heterocycles. The summed E-state index contributed by atoms with van der Waals surface area (Å²) in [6, 6.07) is 0. The highest BCUT2D eigenvalue weighted by Crippen LogP contribution is 2.23. The highest BCUT2D eigenvalue weighted by Gasteiger charge is 2.22. The van der Waals surface area contributed by atoms with E-state index in [4.69, 9.17) is 0 Å². The van der Waals surface area contributed by atoms with Crippen molar-refractivity contribution in [3.63, 3.8) is 0 Å². The number of alkyl halides is 2. The Balaban J connectivity index is 4.13. The van der Waals surface area contributed by atoms with Crippen molar-refractivity contribution in [2.75, 3.05) is 0 Å². The van der Waals surface area contributed by atoms with Crippen LogP contribution in [0.2, 0.25) is 0 Å². The summed E-state index contributed by atoms with van der Waals surface area (Å²) in [5.41, 5.74) is -0.154. The molecule has 0 aliphatic rings. The SMILES string of the molecule is CCC(F)(F)/C=C/C(C)(C)C. The predicted octanol–water partition coefficient (Wildman–Crippen LogP) is 3.63. The quantitative estimate of drug-likeness (QED) is 0.544. The smallest absolute Gasteiger partial charge is 0.202 e. The monoisotopic (exact) mass is 162 g/mol. The van der Waals surface area contributed by atoms with Gasteiger partial charge in [-0.1, -0.05) is 33.8 Å². The number of rotatable bonds is 2. The summed E-state index contributed by atoms with van der Waals surface area (Å²) in [7, 11) is 0. The van der Waals surface area contributed by atoms with Crippen molar-refractivity contribution in [1.82, 2.24) is 0 Å². The van der Waals surface area contributed by atoms with Gasteiger partial charge in [0.25, 0.3) is 5.92 Å². The highest BCUT2D eigenvalue weighted by atomic mass is 19.3. The van der Waals surface area contributed by atoms with E-state index in [-0.39, 0.29) is 11.8 Å². The van der Waals surface area contributed by atoms with E-state index in [9.17, 15) is 8.78 Å². The number of hydrogen-bond donors (Lipinski definition) is 0. The second kappa shape index (κ2) is 3.33. The van der Waals surface area contributed by atoms with Gasteiger partial charge in [-0.25, -0.2) is 8.78 Å². The van der Waals surface area contributed by atoms with Crippen LogP contribution in [0.3, 0.4) is 0 Å². The molecule has 0 N–H and O–H groups in total. The van der Waals surface area contributed by atoms with Gasteiger partial charge in [0, 0.05) is 6.42 Å². The molecule has 66 valence electrons. The topological polar surface area (TPSA) is 0 Å². The van der Waals surface area contributed by atoms with Crippen LogP contribution in [0.4, 0.5) is 8.78 Å². The van der Waals surface area contributed by atoms with E-state index in [0.29, 0.717) is 0 Å². The first-order valence-electron chi connectivity index (χ1n) is 3.85. The predicted molar refractivity (Wildman–Crippen MR) is 43.8 cm³/mol. The van der Waals surface area contributed by atoms with Gasteiger partial charge in [-0.15, -0.1) is 0 Å². The average Bonchev–Trinajstić information content (AvgIpc) is 1.83. The molecule has 11 heavy (non-hydrogen) atoms. The minimum absolute atomic E-state index is 0.125. The first kappa shape index (κ1) is 10.6. The first-order valence-corrected chi connectivity index (χ1v) is 3.85. The molecule has 0 aromatic heterocycles. The lowest BCUT2D eigenvalue weighted by Crippen LogP contribution is -2.11. The molecule has 0 aromatic carbocycles. The molecule has 0 unspecified atom stereocenters. The fraction of sp³-hybridized carbons (Fsp3) is 0.778. The molecule has 0 radical (unpaired) electrons. The summed E-state index contributed by atoms with van der Waals surface area (Å²) in [5.74, 6) is -2.63. The van der Waals surface area contributed by atoms with E-state index < -0.39 is 5.92 Å². The molecule has 0 bridgehead atoms. The van der Waals surface area contributed by atoms with Crippen molar-refractivity contribution in [3.8, 4) is 0 Å². The molecular formula is C9H16F2. The second-order valence-electron chi connectivity index (χ2n) is 3.81. The molecule has 0 heterocycles. The fourth-order valence-corrected chi connectivity index (χ4v) is 0.490. The summed E-state index contributed by atoms with van der Waals surface area (Å²) in [6.45, 7) is 7.17. The van der Waals surface area contributed by atoms with Gasteiger partial charge in [0.1, 0.15) is 0 Å². The normalized spacial score (nSPS) is 14.4. The zero-order valence-electron chi connectivity index (χ0n) is 7.62. The van der Waals surface area contributed by atoms with Crippen molar-refractivity contribution in [3.05, 3.63) is 12.2 Å². The van der Waals surface area contributed by atoms with Crippen molar-refractivity contribution in [2.45, 2.75) is 40.0 Å². The average molecular weight is 162 g/mol. The van der Waals surface area contributed by atoms with E-state index in [1.807, 2.05) is 20.8 Å². The van der Waals surface area contributed by atoms with Crippen LogP contribution in [0, 0.1) is 5.41 Å². The molecule has 2 heteroatoms. The van der Waals surface area contributed by atoms with E-state index in [1.165, 1.54) is 6.92 Å². The van der Waals surface area contributed by atoms with Gasteiger partial charge in [-0.3, -0.25) is 0 Å². The zero-order chi connectivity index (χ0) is 9.12. The number of halogens is 2. The van der Waals surface area contributed by atoms with Crippen LogP contribution in [0.1, 0.15) is 34.1 Å². The largest absolute Gasteiger partial charge is 0.266 e. The summed E-state index contributed by atoms with van der Waals surface area (Å²) in [6.07, 6.45) is 2.42. The molecule has 0 saturated carbocycles. The zero-order valence-corrected chi connectivity index (χ0v) is 7.62. The summed E-state index contributed by atoms with van der Waals surface area (Å²) in [4.78, 5) is 0. The molecule has 0 nitrogen and oxygen atoms in total. The molecule has 0 fully saturated rings. The van der Waals surface area contributed by atoms with Gasteiger partial charge in [0.05, 0.1) is 0 Å². The van der Waals surface area contributed by atoms with Crippen LogP contribution in [0.5, 0.6) is 0 Å². The van der Waals surface area contributed by atoms with E-state index in [1.54, 1.807) is 6.08 Å². The third kappa shape index (κ3) is 6.02. The van der Waals surface area contributed by atoms with Crippen LogP contribution < -0.4 is 0 Å². The van der Waals surface area contributed by atoms with Crippen molar-refractivity contribution in [1.29, 1.82) is 0 Å². The molecule has 0 atom stereocenters. The molecule has 0 rings (SSSR count). The minimum Gasteiger partial charge on any atom is -0.202 e. The maximum absolute atomic E-state index is 12.6. The Bertz CT molecular complexity index is 140. The fourth-order valence-electron chi connectivity index (χ4n) is 0.490. The Kier molecular flexibility index (Phi) is 3.21. The third-order valence-electron chi connectivity index (χ3n) is 1.30. The highest BCUT2D eigenvalue weighted by molar-refractivity contribution is 4.99. The Morgan fingerprint density at radius 2 is 1.55 bits per heavy atom. The van der Waals surface area contributed by atoms with Gasteiger partial charge in [-0.05, 0) is 11.5 Å². The van der Waals surface area contributed by atoms with Gasteiger partial charge in [-0.2, -0.15) is 0 Å². The maximum atomic E-state index is 12.6. The van der Waals surface area contributed by atoms with Gasteiger partial charge >= 0.3 is 0 Å². The number of allylic oxidation sites excluding steroid dienone is 2. The second-order valence-corrected chi connectivity index (χ2v) is 3.81. The van der Waals surface area contributed by atoms with Crippen LogP contribution >= 0.6 is 0 Å². The standard InChI is InChI=1S/C9H16F2/c1-5-9(10,11)7-6-8(2,3)4/h6-7H,5H2,1-4H3/b7-6+. The molecule has 0 spiro atoms. The summed E-state index contributed by atoms with van der Waals surface area (Å²) in [5, 5.41) is 0. The first-order chi connectivity index (χ1) is 4.77. The molecular weight excluding hydrogens is 146 g/mol. The van der Waals surface area contributed by atoms with Crippen LogP contribution in [-0.4, -0.2) is 5.92 Å². The van der Waals surface area contributed by atoms with E-state index >= 15 is 0 Å². The Labute approximate surface area is 67.3 Å². The Morgan fingerprint density at radius 1 is 1.09 bits per heavy atom. The summed E-state index contributed by atoms with van der Waals surface area (Å²) < 4.78 is 25.2. The van der Waals surface area contributed by atoms with Gasteiger partial charge in [0.15, 0.2) is 0 Å². The van der Waals surface area contributed by atoms with Crippen LogP contribution in [-0.2, 0) is 0 Å². The molecule has 0 amide bonds.